The number of rotatable bonds is 9. The average Bonchev–Trinajstić information content (AvgIpc) is 2.42. The Morgan fingerprint density at radius 2 is 2.21 bits per heavy atom. The largest absolute Gasteiger partial charge is 0.381 e. The summed E-state index contributed by atoms with van der Waals surface area (Å²) in [6, 6.07) is 6.85. The molecule has 1 aromatic rings. The first kappa shape index (κ1) is 15.6. The minimum absolute atomic E-state index is 0.103. The van der Waals surface area contributed by atoms with E-state index >= 15 is 0 Å². The number of hydrogen-bond donors (Lipinski definition) is 1. The van der Waals surface area contributed by atoms with Gasteiger partial charge in [-0.3, -0.25) is 10.1 Å². The molecule has 106 valence electrons. The Hall–Kier alpha value is -1.46. The van der Waals surface area contributed by atoms with Crippen molar-refractivity contribution in [1.29, 1.82) is 0 Å². The fourth-order valence-corrected chi connectivity index (χ4v) is 1.76. The maximum Gasteiger partial charge on any atom is 0.269 e. The lowest BCUT2D eigenvalue weighted by Gasteiger charge is -2.14. The fourth-order valence-electron chi connectivity index (χ4n) is 1.76. The van der Waals surface area contributed by atoms with Crippen LogP contribution in [-0.2, 0) is 4.74 Å². The molecule has 0 heterocycles. The monoisotopic (exact) mass is 266 g/mol. The topological polar surface area (TPSA) is 64.4 Å². The van der Waals surface area contributed by atoms with Crippen molar-refractivity contribution in [3.05, 3.63) is 39.9 Å². The molecule has 0 aliphatic rings. The van der Waals surface area contributed by atoms with E-state index in [4.69, 9.17) is 4.74 Å². The van der Waals surface area contributed by atoms with Gasteiger partial charge in [0.25, 0.3) is 5.69 Å². The van der Waals surface area contributed by atoms with Gasteiger partial charge < -0.3 is 10.1 Å². The number of nitrogens with zero attached hydrogens (tertiary/aromatic N) is 1. The number of non-ortho nitro benzene ring substituents is 1. The summed E-state index contributed by atoms with van der Waals surface area (Å²) in [7, 11) is 0. The highest BCUT2D eigenvalue weighted by Crippen LogP contribution is 2.18. The molecule has 0 spiro atoms. The van der Waals surface area contributed by atoms with E-state index in [9.17, 15) is 10.1 Å². The molecule has 0 bridgehead atoms. The molecule has 0 radical (unpaired) electrons. The highest BCUT2D eigenvalue weighted by atomic mass is 16.6. The van der Waals surface area contributed by atoms with Crippen molar-refractivity contribution < 1.29 is 9.66 Å². The molecule has 5 heteroatoms. The maximum absolute atomic E-state index is 10.7. The van der Waals surface area contributed by atoms with Crippen LogP contribution < -0.4 is 5.32 Å². The van der Waals surface area contributed by atoms with Crippen LogP contribution in [0.2, 0.25) is 0 Å². The number of nitro benzene ring substituents is 1. The molecule has 0 aromatic heterocycles. The van der Waals surface area contributed by atoms with Crippen molar-refractivity contribution >= 4 is 5.69 Å². The van der Waals surface area contributed by atoms with Crippen LogP contribution in [0.4, 0.5) is 5.69 Å². The van der Waals surface area contributed by atoms with Crippen LogP contribution in [0.1, 0.15) is 38.3 Å². The molecule has 1 rings (SSSR count). The molecule has 19 heavy (non-hydrogen) atoms. The number of nitrogens with one attached hydrogen (secondary N) is 1. The predicted molar refractivity (Wildman–Crippen MR) is 75.2 cm³/mol. The van der Waals surface area contributed by atoms with Crippen molar-refractivity contribution in [2.45, 2.75) is 32.7 Å². The zero-order valence-corrected chi connectivity index (χ0v) is 11.6. The Bertz CT molecular complexity index is 396. The lowest BCUT2D eigenvalue weighted by molar-refractivity contribution is -0.384. The third-order valence-electron chi connectivity index (χ3n) is 2.85. The number of hydrogen-bond acceptors (Lipinski definition) is 4. The Morgan fingerprint density at radius 1 is 1.42 bits per heavy atom. The van der Waals surface area contributed by atoms with Gasteiger partial charge in [0.05, 0.1) is 4.92 Å². The van der Waals surface area contributed by atoms with E-state index in [0.717, 1.165) is 38.2 Å². The van der Waals surface area contributed by atoms with E-state index in [1.807, 2.05) is 13.0 Å². The van der Waals surface area contributed by atoms with Gasteiger partial charge in [0.1, 0.15) is 0 Å². The Kier molecular flexibility index (Phi) is 7.07. The normalized spacial score (nSPS) is 12.3. The Morgan fingerprint density at radius 3 is 2.89 bits per heavy atom. The van der Waals surface area contributed by atoms with E-state index in [1.54, 1.807) is 12.1 Å². The molecule has 1 N–H and O–H groups in total. The van der Waals surface area contributed by atoms with Gasteiger partial charge in [0.2, 0.25) is 0 Å². The summed E-state index contributed by atoms with van der Waals surface area (Å²) in [4.78, 5) is 10.3. The van der Waals surface area contributed by atoms with Crippen LogP contribution >= 0.6 is 0 Å². The third-order valence-corrected chi connectivity index (χ3v) is 2.85. The Balaban J connectivity index is 2.34. The summed E-state index contributed by atoms with van der Waals surface area (Å²) >= 11 is 0. The molecule has 0 saturated carbocycles. The van der Waals surface area contributed by atoms with Gasteiger partial charge >= 0.3 is 0 Å². The first-order chi connectivity index (χ1) is 9.15. The summed E-state index contributed by atoms with van der Waals surface area (Å²) in [6.07, 6.45) is 1.98. The second-order valence-electron chi connectivity index (χ2n) is 4.49. The minimum Gasteiger partial charge on any atom is -0.381 e. The van der Waals surface area contributed by atoms with Gasteiger partial charge in [0.15, 0.2) is 0 Å². The first-order valence-electron chi connectivity index (χ1n) is 6.70. The third kappa shape index (κ3) is 5.81. The Labute approximate surface area is 114 Å². The van der Waals surface area contributed by atoms with Crippen molar-refractivity contribution in [3.8, 4) is 0 Å². The molecule has 1 atom stereocenters. The fraction of sp³-hybridized carbons (Fsp3) is 0.571. The van der Waals surface area contributed by atoms with Crippen molar-refractivity contribution in [1.82, 2.24) is 5.32 Å². The number of benzene rings is 1. The van der Waals surface area contributed by atoms with E-state index in [2.05, 4.69) is 12.2 Å². The zero-order valence-electron chi connectivity index (χ0n) is 11.6. The minimum atomic E-state index is -0.366. The molecule has 5 nitrogen and oxygen atoms in total. The van der Waals surface area contributed by atoms with Crippen molar-refractivity contribution in [3.63, 3.8) is 0 Å². The quantitative estimate of drug-likeness (QED) is 0.424. The summed E-state index contributed by atoms with van der Waals surface area (Å²) in [5.74, 6) is 0. The SMILES string of the molecule is CCCOCCCNC(C)c1cccc([N+](=O)[O-])c1. The molecule has 0 saturated heterocycles. The van der Waals surface area contributed by atoms with E-state index < -0.39 is 0 Å². The van der Waals surface area contributed by atoms with Gasteiger partial charge in [-0.25, -0.2) is 0 Å². The van der Waals surface area contributed by atoms with Crippen LogP contribution in [0, 0.1) is 10.1 Å². The average molecular weight is 266 g/mol. The summed E-state index contributed by atoms with van der Waals surface area (Å²) in [6.45, 7) is 6.49. The van der Waals surface area contributed by atoms with Crippen LogP contribution in [0.3, 0.4) is 0 Å². The molecule has 1 unspecified atom stereocenters. The van der Waals surface area contributed by atoms with E-state index in [0.29, 0.717) is 0 Å². The van der Waals surface area contributed by atoms with E-state index in [-0.39, 0.29) is 16.7 Å². The van der Waals surface area contributed by atoms with Gasteiger partial charge in [-0.1, -0.05) is 19.1 Å². The van der Waals surface area contributed by atoms with E-state index in [1.165, 1.54) is 6.07 Å². The van der Waals surface area contributed by atoms with Gasteiger partial charge in [0, 0.05) is 31.4 Å². The zero-order chi connectivity index (χ0) is 14.1. The molecule has 0 fully saturated rings. The van der Waals surface area contributed by atoms with Crippen molar-refractivity contribution in [2.75, 3.05) is 19.8 Å². The molecule has 1 aromatic carbocycles. The van der Waals surface area contributed by atoms with Crippen LogP contribution in [0.5, 0.6) is 0 Å². The summed E-state index contributed by atoms with van der Waals surface area (Å²) in [5.41, 5.74) is 1.07. The highest BCUT2D eigenvalue weighted by molar-refractivity contribution is 5.35. The number of ether oxygens (including phenoxy) is 1. The standard InChI is InChI=1S/C14H22N2O3/c1-3-9-19-10-5-8-15-12(2)13-6-4-7-14(11-13)16(17)18/h4,6-7,11-12,15H,3,5,8-10H2,1-2H3. The molecular formula is C14H22N2O3. The lowest BCUT2D eigenvalue weighted by Crippen LogP contribution is -2.21. The summed E-state index contributed by atoms with van der Waals surface area (Å²) < 4.78 is 5.39. The summed E-state index contributed by atoms with van der Waals surface area (Å²) in [5, 5.41) is 14.0. The molecule has 0 aliphatic carbocycles. The van der Waals surface area contributed by atoms with Crippen LogP contribution in [-0.4, -0.2) is 24.7 Å². The smallest absolute Gasteiger partial charge is 0.269 e. The first-order valence-corrected chi connectivity index (χ1v) is 6.70. The highest BCUT2D eigenvalue weighted by Gasteiger charge is 2.10. The molecule has 0 amide bonds. The van der Waals surface area contributed by atoms with Crippen LogP contribution in [0.25, 0.3) is 0 Å². The predicted octanol–water partition coefficient (Wildman–Crippen LogP) is 3.06. The number of nitro groups is 1. The van der Waals surface area contributed by atoms with Gasteiger partial charge in [-0.15, -0.1) is 0 Å². The molecular weight excluding hydrogens is 244 g/mol. The van der Waals surface area contributed by atoms with Crippen molar-refractivity contribution in [2.24, 2.45) is 0 Å². The van der Waals surface area contributed by atoms with Gasteiger partial charge in [-0.2, -0.15) is 0 Å². The van der Waals surface area contributed by atoms with Crippen LogP contribution in [0.15, 0.2) is 24.3 Å². The second kappa shape index (κ2) is 8.61. The second-order valence-corrected chi connectivity index (χ2v) is 4.49. The maximum atomic E-state index is 10.7. The molecule has 0 aliphatic heterocycles. The lowest BCUT2D eigenvalue weighted by atomic mass is 10.1. The van der Waals surface area contributed by atoms with Gasteiger partial charge in [-0.05, 0) is 31.9 Å².